The van der Waals surface area contributed by atoms with Gasteiger partial charge in [0.15, 0.2) is 0 Å². The molecule has 2 unspecified atom stereocenters. The van der Waals surface area contributed by atoms with E-state index in [1.54, 1.807) is 0 Å². The molecular weight excluding hydrogens is 221 g/mol. The predicted molar refractivity (Wildman–Crippen MR) is 65.5 cm³/mol. The van der Waals surface area contributed by atoms with E-state index in [1.807, 2.05) is 20.8 Å². The van der Waals surface area contributed by atoms with Gasteiger partial charge in [0.1, 0.15) is 0 Å². The second kappa shape index (κ2) is 6.86. The summed E-state index contributed by atoms with van der Waals surface area (Å²) in [4.78, 5) is 11.4. The molecule has 0 aromatic heterocycles. The average Bonchev–Trinajstić information content (AvgIpc) is 2.29. The number of hydrogen-bond acceptors (Lipinski definition) is 4. The minimum absolute atomic E-state index is 0.0923. The Morgan fingerprint density at radius 3 is 2.82 bits per heavy atom. The molecule has 17 heavy (non-hydrogen) atoms. The summed E-state index contributed by atoms with van der Waals surface area (Å²) < 4.78 is 10.4. The summed E-state index contributed by atoms with van der Waals surface area (Å²) in [7, 11) is -0.930. The van der Waals surface area contributed by atoms with Crippen LogP contribution in [0.25, 0.3) is 0 Å². The van der Waals surface area contributed by atoms with Crippen LogP contribution < -0.4 is 5.32 Å². The Bertz CT molecular complexity index is 250. The van der Waals surface area contributed by atoms with Crippen LogP contribution in [0.5, 0.6) is 0 Å². The third-order valence-corrected chi connectivity index (χ3v) is 2.78. The van der Waals surface area contributed by atoms with Crippen LogP contribution >= 0.6 is 0 Å². The molecule has 1 saturated heterocycles. The minimum atomic E-state index is -0.930. The summed E-state index contributed by atoms with van der Waals surface area (Å²) in [5, 5.41) is 12.3. The molecule has 0 spiro atoms. The number of rotatable bonds is 4. The van der Waals surface area contributed by atoms with Gasteiger partial charge in [0, 0.05) is 6.10 Å². The lowest BCUT2D eigenvalue weighted by atomic mass is 9.72. The number of nitrogens with one attached hydrogen (secondary N) is 1. The normalized spacial score (nSPS) is 24.9. The molecular formula is C11H22BNO4. The standard InChI is InChI=1S/C11H22BNO4/c1-4-9-5-6-10(12(15)17-9)13-11(14)16-7-8(2)3/h8-10,15H,4-7H2,1-3H3,(H,13,14). The first kappa shape index (κ1) is 14.3. The van der Waals surface area contributed by atoms with Crippen molar-refractivity contribution in [2.24, 2.45) is 5.92 Å². The van der Waals surface area contributed by atoms with E-state index >= 15 is 0 Å². The van der Waals surface area contributed by atoms with Gasteiger partial charge in [-0.25, -0.2) is 4.79 Å². The lowest BCUT2D eigenvalue weighted by Crippen LogP contribution is -2.52. The molecule has 2 N–H and O–H groups in total. The van der Waals surface area contributed by atoms with Crippen LogP contribution in [-0.4, -0.2) is 36.9 Å². The first-order valence-electron chi connectivity index (χ1n) is 6.29. The van der Waals surface area contributed by atoms with Gasteiger partial charge in [-0.1, -0.05) is 20.8 Å². The first-order valence-corrected chi connectivity index (χ1v) is 6.29. The zero-order valence-electron chi connectivity index (χ0n) is 10.8. The van der Waals surface area contributed by atoms with E-state index in [9.17, 15) is 9.82 Å². The molecule has 0 radical (unpaired) electrons. The predicted octanol–water partition coefficient (Wildman–Crippen LogP) is 1.35. The van der Waals surface area contributed by atoms with Crippen LogP contribution in [0.15, 0.2) is 0 Å². The highest BCUT2D eigenvalue weighted by Crippen LogP contribution is 2.18. The molecule has 0 aromatic rings. The number of carbonyl (C=O) groups is 1. The van der Waals surface area contributed by atoms with Crippen LogP contribution in [0.2, 0.25) is 0 Å². The Hall–Kier alpha value is -0.745. The van der Waals surface area contributed by atoms with Crippen LogP contribution in [0.1, 0.15) is 40.0 Å². The minimum Gasteiger partial charge on any atom is -0.449 e. The van der Waals surface area contributed by atoms with Gasteiger partial charge in [-0.3, -0.25) is 0 Å². The smallest absolute Gasteiger partial charge is 0.449 e. The van der Waals surface area contributed by atoms with Crippen molar-refractivity contribution in [3.05, 3.63) is 0 Å². The monoisotopic (exact) mass is 243 g/mol. The second-order valence-electron chi connectivity index (χ2n) is 4.88. The Morgan fingerprint density at radius 1 is 1.59 bits per heavy atom. The van der Waals surface area contributed by atoms with Gasteiger partial charge in [-0.2, -0.15) is 0 Å². The fraction of sp³-hybridized carbons (Fsp3) is 0.909. The lowest BCUT2D eigenvalue weighted by molar-refractivity contribution is 0.102. The van der Waals surface area contributed by atoms with Gasteiger partial charge in [0.2, 0.25) is 0 Å². The lowest BCUT2D eigenvalue weighted by Gasteiger charge is -2.30. The van der Waals surface area contributed by atoms with Gasteiger partial charge in [0.25, 0.3) is 0 Å². The third-order valence-electron chi connectivity index (χ3n) is 2.78. The van der Waals surface area contributed by atoms with Crippen molar-refractivity contribution in [3.63, 3.8) is 0 Å². The summed E-state index contributed by atoms with van der Waals surface area (Å²) in [5.74, 6) is -0.0600. The number of hydrogen-bond donors (Lipinski definition) is 2. The van der Waals surface area contributed by atoms with E-state index in [0.29, 0.717) is 12.5 Å². The van der Waals surface area contributed by atoms with Crippen molar-refractivity contribution in [1.82, 2.24) is 5.32 Å². The molecule has 1 aliphatic heterocycles. The summed E-state index contributed by atoms with van der Waals surface area (Å²) in [5.41, 5.74) is 0. The highest BCUT2D eigenvalue weighted by molar-refractivity contribution is 6.45. The van der Waals surface area contributed by atoms with Crippen molar-refractivity contribution in [3.8, 4) is 0 Å². The molecule has 98 valence electrons. The van der Waals surface area contributed by atoms with Gasteiger partial charge in [-0.05, 0) is 25.2 Å². The van der Waals surface area contributed by atoms with Crippen molar-refractivity contribution >= 4 is 13.2 Å². The van der Waals surface area contributed by atoms with E-state index < -0.39 is 13.2 Å². The highest BCUT2D eigenvalue weighted by atomic mass is 16.6. The summed E-state index contributed by atoms with van der Waals surface area (Å²) in [6, 6.07) is 0. The molecule has 0 saturated carbocycles. The Kier molecular flexibility index (Phi) is 5.78. The number of amides is 1. The van der Waals surface area contributed by atoms with E-state index in [-0.39, 0.29) is 12.0 Å². The quantitative estimate of drug-likeness (QED) is 0.731. The zero-order chi connectivity index (χ0) is 12.8. The van der Waals surface area contributed by atoms with Crippen molar-refractivity contribution in [1.29, 1.82) is 0 Å². The average molecular weight is 243 g/mol. The molecule has 0 aromatic carbocycles. The first-order chi connectivity index (χ1) is 8.02. The van der Waals surface area contributed by atoms with E-state index in [0.717, 1.165) is 19.3 Å². The number of carbonyl (C=O) groups excluding carboxylic acids is 1. The molecule has 0 bridgehead atoms. The Labute approximate surface area is 103 Å². The summed E-state index contributed by atoms with van der Waals surface area (Å²) in [6.07, 6.45) is 2.05. The molecule has 1 fully saturated rings. The van der Waals surface area contributed by atoms with E-state index in [1.165, 1.54) is 0 Å². The molecule has 1 aliphatic rings. The SMILES string of the molecule is CCC1CCC(NC(=O)OCC(C)C)B(O)O1. The van der Waals surface area contributed by atoms with Gasteiger partial charge in [-0.15, -0.1) is 0 Å². The van der Waals surface area contributed by atoms with E-state index in [2.05, 4.69) is 5.32 Å². The molecule has 2 atom stereocenters. The van der Waals surface area contributed by atoms with Gasteiger partial charge < -0.3 is 19.7 Å². The van der Waals surface area contributed by atoms with Gasteiger partial charge >= 0.3 is 13.2 Å². The third kappa shape index (κ3) is 4.96. The topological polar surface area (TPSA) is 67.8 Å². The van der Waals surface area contributed by atoms with Crippen molar-refractivity contribution in [2.75, 3.05) is 6.61 Å². The van der Waals surface area contributed by atoms with E-state index in [4.69, 9.17) is 9.39 Å². The molecule has 1 rings (SSSR count). The Balaban J connectivity index is 2.29. The molecule has 6 heteroatoms. The molecule has 1 heterocycles. The van der Waals surface area contributed by atoms with Crippen LogP contribution in [-0.2, 0) is 9.39 Å². The maximum absolute atomic E-state index is 11.4. The van der Waals surface area contributed by atoms with Crippen LogP contribution in [0.3, 0.4) is 0 Å². The second-order valence-corrected chi connectivity index (χ2v) is 4.88. The largest absolute Gasteiger partial charge is 0.478 e. The molecule has 0 aliphatic carbocycles. The fourth-order valence-corrected chi connectivity index (χ4v) is 1.75. The zero-order valence-corrected chi connectivity index (χ0v) is 10.8. The molecule has 1 amide bonds. The molecule has 5 nitrogen and oxygen atoms in total. The highest BCUT2D eigenvalue weighted by Gasteiger charge is 2.35. The van der Waals surface area contributed by atoms with Crippen LogP contribution in [0, 0.1) is 5.92 Å². The van der Waals surface area contributed by atoms with Crippen LogP contribution in [0.4, 0.5) is 4.79 Å². The number of alkyl carbamates (subject to hydrolysis) is 1. The fourth-order valence-electron chi connectivity index (χ4n) is 1.75. The summed E-state index contributed by atoms with van der Waals surface area (Å²) in [6.45, 7) is 6.34. The Morgan fingerprint density at radius 2 is 2.29 bits per heavy atom. The van der Waals surface area contributed by atoms with Crippen molar-refractivity contribution < 1.29 is 19.2 Å². The summed E-state index contributed by atoms with van der Waals surface area (Å²) >= 11 is 0. The maximum atomic E-state index is 11.4. The number of ether oxygens (including phenoxy) is 1. The van der Waals surface area contributed by atoms with Crippen molar-refractivity contribution in [2.45, 2.75) is 52.1 Å². The van der Waals surface area contributed by atoms with Gasteiger partial charge in [0.05, 0.1) is 12.5 Å². The maximum Gasteiger partial charge on any atom is 0.478 e.